The van der Waals surface area contributed by atoms with Gasteiger partial charge in [0.25, 0.3) is 0 Å². The highest BCUT2D eigenvalue weighted by Crippen LogP contribution is 2.43. The molecule has 6 nitrogen and oxygen atoms in total. The first-order valence-corrected chi connectivity index (χ1v) is 20.6. The summed E-state index contributed by atoms with van der Waals surface area (Å²) < 4.78 is 97.5. The van der Waals surface area contributed by atoms with Gasteiger partial charge >= 0.3 is 0 Å². The van der Waals surface area contributed by atoms with Gasteiger partial charge in [-0.25, -0.2) is 0 Å². The van der Waals surface area contributed by atoms with Crippen molar-refractivity contribution in [2.24, 2.45) is 0 Å². The lowest BCUT2D eigenvalue weighted by atomic mass is 10.0. The normalized spacial score (nSPS) is 14.3. The zero-order valence-electron chi connectivity index (χ0n) is 43.0. The fourth-order valence-corrected chi connectivity index (χ4v) is 9.60. The summed E-state index contributed by atoms with van der Waals surface area (Å²) in [6, 6.07) is 43.7. The van der Waals surface area contributed by atoms with Crippen molar-refractivity contribution in [3.05, 3.63) is 206 Å². The minimum absolute atomic E-state index is 0.00144. The second-order valence-electron chi connectivity index (χ2n) is 15.7. The van der Waals surface area contributed by atoms with Crippen LogP contribution >= 0.6 is 0 Å². The van der Waals surface area contributed by atoms with Crippen LogP contribution in [0.2, 0.25) is 0 Å². The molecule has 14 aromatic rings. The number of benzene rings is 9. The molecule has 0 saturated heterocycles. The van der Waals surface area contributed by atoms with E-state index in [-0.39, 0.29) is 61.4 Å². The molecule has 0 aliphatic heterocycles. The Morgan fingerprint density at radius 1 is 0.333 bits per heavy atom. The highest BCUT2D eigenvalue weighted by atomic mass is 15.3. The van der Waals surface area contributed by atoms with Gasteiger partial charge in [0, 0.05) is 48.7 Å². The minimum atomic E-state index is -0.556. The van der Waals surface area contributed by atoms with E-state index in [4.69, 9.17) is 20.4 Å². The molecule has 0 bridgehead atoms. The monoisotopic (exact) mass is 812 g/mol. The smallest absolute Gasteiger partial charge is 0.240 e. The van der Waals surface area contributed by atoms with Crippen molar-refractivity contribution in [2.75, 3.05) is 0 Å². The molecule has 14 rings (SSSR count). The number of hydrogen-bond acceptors (Lipinski definition) is 3. The first kappa shape index (κ1) is 25.9. The van der Waals surface area contributed by atoms with E-state index >= 15 is 0 Å². The number of hydrogen-bond donors (Lipinski definition) is 0. The van der Waals surface area contributed by atoms with Crippen molar-refractivity contribution >= 4 is 81.7 Å². The summed E-state index contributed by atoms with van der Waals surface area (Å²) in [6.07, 6.45) is 0. The molecule has 0 N–H and O–H groups in total. The Morgan fingerprint density at radius 2 is 0.810 bits per heavy atom. The molecular formula is C57H34N6. The average molecular weight is 813 g/mol. The molecular weight excluding hydrogens is 769 g/mol. The van der Waals surface area contributed by atoms with E-state index in [0.29, 0.717) is 0 Å². The maximum Gasteiger partial charge on any atom is 0.240 e. The van der Waals surface area contributed by atoms with Crippen LogP contribution in [-0.2, 0) is 0 Å². The molecule has 0 atom stereocenters. The van der Waals surface area contributed by atoms with E-state index < -0.39 is 60.4 Å². The van der Waals surface area contributed by atoms with Gasteiger partial charge in [-0.1, -0.05) is 158 Å². The van der Waals surface area contributed by atoms with Gasteiger partial charge in [-0.15, -0.1) is 0 Å². The van der Waals surface area contributed by atoms with E-state index in [9.17, 15) is 8.22 Å². The summed E-state index contributed by atoms with van der Waals surface area (Å²) in [5.74, 6) is 0.215. The molecule has 5 heterocycles. The Bertz CT molecular complexity index is 4560. The lowest BCUT2D eigenvalue weighted by molar-refractivity contribution is 0.893. The van der Waals surface area contributed by atoms with Crippen molar-refractivity contribution in [3.8, 4) is 45.5 Å². The molecule has 5 aromatic heterocycles. The third kappa shape index (κ3) is 4.86. The summed E-state index contributed by atoms with van der Waals surface area (Å²) in [5.41, 5.74) is 7.15. The van der Waals surface area contributed by atoms with Crippen molar-refractivity contribution in [1.82, 2.24) is 28.5 Å². The maximum atomic E-state index is 9.83. The molecule has 0 spiro atoms. The first-order valence-electron chi connectivity index (χ1n) is 25.6. The summed E-state index contributed by atoms with van der Waals surface area (Å²) in [7, 11) is 0. The van der Waals surface area contributed by atoms with Gasteiger partial charge in [-0.3, -0.25) is 9.13 Å². The van der Waals surface area contributed by atoms with Crippen LogP contribution in [-0.4, -0.2) is 28.5 Å². The number of aromatic nitrogens is 6. The Labute approximate surface area is 374 Å². The van der Waals surface area contributed by atoms with Crippen LogP contribution in [0.25, 0.3) is 127 Å². The second-order valence-corrected chi connectivity index (χ2v) is 15.7. The lowest BCUT2D eigenvalue weighted by Gasteiger charge is -2.13. The second kappa shape index (κ2) is 12.9. The van der Waals surface area contributed by atoms with Gasteiger partial charge in [0.05, 0.1) is 52.3 Å². The summed E-state index contributed by atoms with van der Waals surface area (Å²) in [5, 5.41) is 3.63. The van der Waals surface area contributed by atoms with Crippen LogP contribution in [0.15, 0.2) is 206 Å². The SMILES string of the molecule is [2H]c1c([2H])c([2H])c2c(c1[2H])c1c([2H])c([2H])c([2H])c3c4c([2H])c([2H])c([2H])c(-c5nc(-n6c7ccccc7c7cc(-c8ccccc8)ccc76)nc(-n6c7ccccc7c7cc(-c8ccccc8)ccc76)n5)c4n2c13. The summed E-state index contributed by atoms with van der Waals surface area (Å²) >= 11 is 0. The molecule has 0 aliphatic carbocycles. The number of nitrogens with zero attached hydrogens (tertiary/aromatic N) is 6. The summed E-state index contributed by atoms with van der Waals surface area (Å²) in [6.45, 7) is 0. The van der Waals surface area contributed by atoms with Crippen LogP contribution in [0.4, 0.5) is 0 Å². The molecule has 6 heteroatoms. The standard InChI is InChI=1S/C57H34N6/c1-3-15-35(16-4-1)37-29-31-51-46(33-37)40-20-8-10-26-48(40)61(51)56-58-55(45-25-14-24-44-43-23-13-22-42-39-19-7-12-28-50(39)63(53(42)43)54(44)45)59-57(60-56)62-49-27-11-9-21-41(49)47-34-38(30-32-52(47)62)36-17-5-2-6-18-36/h1-34H/i7D,12D,13D,14D,19D,22D,23D,24D,25D,28D. The van der Waals surface area contributed by atoms with E-state index in [1.807, 2.05) is 118 Å². The lowest BCUT2D eigenvalue weighted by Crippen LogP contribution is -2.10. The number of para-hydroxylation sites is 5. The Morgan fingerprint density at radius 3 is 1.41 bits per heavy atom. The predicted octanol–water partition coefficient (Wildman–Crippen LogP) is 14.2. The number of rotatable bonds is 5. The zero-order valence-corrected chi connectivity index (χ0v) is 33.0. The first-order chi connectivity index (χ1) is 35.4. The Kier molecular flexibility index (Phi) is 5.32. The van der Waals surface area contributed by atoms with Crippen molar-refractivity contribution < 1.29 is 13.7 Å². The minimum Gasteiger partial charge on any atom is -0.307 e. The van der Waals surface area contributed by atoms with Crippen LogP contribution < -0.4 is 0 Å². The van der Waals surface area contributed by atoms with Crippen LogP contribution in [0.1, 0.15) is 13.7 Å². The Hall–Kier alpha value is -8.61. The maximum absolute atomic E-state index is 9.83. The van der Waals surface area contributed by atoms with E-state index in [2.05, 4.69) is 36.4 Å². The third-order valence-electron chi connectivity index (χ3n) is 12.3. The van der Waals surface area contributed by atoms with Gasteiger partial charge in [0.2, 0.25) is 11.9 Å². The average Bonchev–Trinajstić information content (AvgIpc) is 4.16. The van der Waals surface area contributed by atoms with Crippen LogP contribution in [0, 0.1) is 0 Å². The quantitative estimate of drug-likeness (QED) is 0.174. The molecule has 9 aromatic carbocycles. The highest BCUT2D eigenvalue weighted by Gasteiger charge is 2.24. The largest absolute Gasteiger partial charge is 0.307 e. The van der Waals surface area contributed by atoms with Crippen molar-refractivity contribution in [2.45, 2.75) is 0 Å². The van der Waals surface area contributed by atoms with Gasteiger partial charge in [0.15, 0.2) is 5.82 Å². The fraction of sp³-hybridized carbons (Fsp3) is 0. The van der Waals surface area contributed by atoms with Crippen molar-refractivity contribution in [3.63, 3.8) is 0 Å². The highest BCUT2D eigenvalue weighted by molar-refractivity contribution is 6.25. The molecule has 63 heavy (non-hydrogen) atoms. The number of fused-ring (bicyclic) bond motifs is 12. The molecule has 0 amide bonds. The Balaban J connectivity index is 1.17. The summed E-state index contributed by atoms with van der Waals surface area (Å²) in [4.78, 5) is 15.9. The van der Waals surface area contributed by atoms with Gasteiger partial charge in [0.1, 0.15) is 0 Å². The topological polar surface area (TPSA) is 52.9 Å². The van der Waals surface area contributed by atoms with Crippen LogP contribution in [0.5, 0.6) is 0 Å². The molecule has 292 valence electrons. The zero-order chi connectivity index (χ0) is 49.9. The van der Waals surface area contributed by atoms with Gasteiger partial charge in [-0.2, -0.15) is 15.0 Å². The fourth-order valence-electron chi connectivity index (χ4n) is 9.60. The van der Waals surface area contributed by atoms with E-state index in [1.165, 1.54) is 4.40 Å². The van der Waals surface area contributed by atoms with Crippen LogP contribution in [0.3, 0.4) is 0 Å². The van der Waals surface area contributed by atoms with Crippen molar-refractivity contribution in [1.29, 1.82) is 0 Å². The van der Waals surface area contributed by atoms with Gasteiger partial charge in [-0.05, 0) is 70.7 Å². The van der Waals surface area contributed by atoms with E-state index in [0.717, 1.165) is 65.9 Å². The molecule has 0 radical (unpaired) electrons. The molecule has 0 fully saturated rings. The third-order valence-corrected chi connectivity index (χ3v) is 12.3. The van der Waals surface area contributed by atoms with E-state index in [1.54, 1.807) is 0 Å². The predicted molar refractivity (Wildman–Crippen MR) is 259 cm³/mol. The van der Waals surface area contributed by atoms with Gasteiger partial charge < -0.3 is 4.40 Å². The molecule has 0 saturated carbocycles. The molecule has 0 aliphatic rings. The molecule has 0 unspecified atom stereocenters.